The zero-order valence-electron chi connectivity index (χ0n) is 24.0. The number of piperidine rings is 1. The van der Waals surface area contributed by atoms with Crippen molar-refractivity contribution >= 4 is 5.97 Å². The number of benzene rings is 2. The highest BCUT2D eigenvalue weighted by Gasteiger charge is 2.55. The van der Waals surface area contributed by atoms with Crippen LogP contribution in [0.4, 0.5) is 0 Å². The molecular weight excluding hydrogens is 476 g/mol. The monoisotopic (exact) mass is 522 g/mol. The van der Waals surface area contributed by atoms with E-state index in [2.05, 4.69) is 57.0 Å². The number of rotatable bonds is 13. The van der Waals surface area contributed by atoms with Gasteiger partial charge in [0.15, 0.2) is 6.10 Å². The molecule has 1 aliphatic heterocycles. The Balaban J connectivity index is 1.23. The Labute approximate surface area is 229 Å². The van der Waals surface area contributed by atoms with Gasteiger partial charge < -0.3 is 19.5 Å². The van der Waals surface area contributed by atoms with E-state index in [1.54, 1.807) is 0 Å². The predicted molar refractivity (Wildman–Crippen MR) is 152 cm³/mol. The van der Waals surface area contributed by atoms with Gasteiger partial charge in [0, 0.05) is 38.1 Å². The summed E-state index contributed by atoms with van der Waals surface area (Å²) in [5.41, 5.74) is 2.28. The summed E-state index contributed by atoms with van der Waals surface area (Å²) >= 11 is 0. The number of esters is 1. The van der Waals surface area contributed by atoms with Crippen molar-refractivity contribution in [3.8, 4) is 11.5 Å². The Morgan fingerprint density at radius 3 is 2.21 bits per heavy atom. The van der Waals surface area contributed by atoms with Gasteiger partial charge in [-0.2, -0.15) is 0 Å². The summed E-state index contributed by atoms with van der Waals surface area (Å²) in [7, 11) is 0. The molecule has 2 aromatic carbocycles. The summed E-state index contributed by atoms with van der Waals surface area (Å²) in [6.07, 6.45) is 0.951. The highest BCUT2D eigenvalue weighted by atomic mass is 16.6. The molecule has 5 atom stereocenters. The standard InChI is InChI=1S/C32H46N2O4/c1-7-22(3)34-20-27-28(21-34)30(27)33-17-18-37-25-13-9-23(10-14-25)19-29(31(35)36-8-2)38-26-15-11-24(12-16-26)32(4,5)6/h9-16,22,27-30,33H,7-8,17-21H2,1-6H3/t22?,27-,28+,29-,30?/m0/s1. The Kier molecular flexibility index (Phi) is 9.37. The number of carbonyl (C=O) groups is 1. The zero-order valence-corrected chi connectivity index (χ0v) is 24.0. The van der Waals surface area contributed by atoms with Crippen LogP contribution in [-0.4, -0.2) is 61.9 Å². The second-order valence-electron chi connectivity index (χ2n) is 11.8. The average Bonchev–Trinajstić information content (AvgIpc) is 3.33. The lowest BCUT2D eigenvalue weighted by Crippen LogP contribution is -2.37. The van der Waals surface area contributed by atoms with Crippen LogP contribution < -0.4 is 14.8 Å². The van der Waals surface area contributed by atoms with Crippen LogP contribution in [0.1, 0.15) is 59.1 Å². The third kappa shape index (κ3) is 7.29. The van der Waals surface area contributed by atoms with Crippen molar-refractivity contribution in [1.82, 2.24) is 10.2 Å². The fourth-order valence-corrected chi connectivity index (χ4v) is 5.42. The lowest BCUT2D eigenvalue weighted by Gasteiger charge is -2.25. The maximum absolute atomic E-state index is 12.6. The third-order valence-electron chi connectivity index (χ3n) is 8.08. The molecule has 0 bridgehead atoms. The van der Waals surface area contributed by atoms with Crippen molar-refractivity contribution in [3.63, 3.8) is 0 Å². The summed E-state index contributed by atoms with van der Waals surface area (Å²) in [4.78, 5) is 15.3. The Hall–Kier alpha value is -2.57. The molecule has 208 valence electrons. The Morgan fingerprint density at radius 1 is 1.00 bits per heavy atom. The highest BCUT2D eigenvalue weighted by Crippen LogP contribution is 2.46. The summed E-state index contributed by atoms with van der Waals surface area (Å²) in [6, 6.07) is 17.2. The minimum absolute atomic E-state index is 0.0604. The molecular formula is C32H46N2O4. The maximum Gasteiger partial charge on any atom is 0.347 e. The molecule has 2 unspecified atom stereocenters. The van der Waals surface area contributed by atoms with Gasteiger partial charge in [-0.05, 0) is 72.9 Å². The van der Waals surface area contributed by atoms with Gasteiger partial charge in [-0.15, -0.1) is 0 Å². The first-order chi connectivity index (χ1) is 18.2. The van der Waals surface area contributed by atoms with Gasteiger partial charge in [0.05, 0.1) is 6.61 Å². The van der Waals surface area contributed by atoms with E-state index >= 15 is 0 Å². The van der Waals surface area contributed by atoms with Gasteiger partial charge in [0.2, 0.25) is 0 Å². The Bertz CT molecular complexity index is 1020. The molecule has 0 amide bonds. The topological polar surface area (TPSA) is 60.0 Å². The van der Waals surface area contributed by atoms with E-state index in [0.717, 1.165) is 29.7 Å². The number of hydrogen-bond acceptors (Lipinski definition) is 6. The lowest BCUT2D eigenvalue weighted by atomic mass is 9.87. The molecule has 0 spiro atoms. The second-order valence-corrected chi connectivity index (χ2v) is 11.8. The van der Waals surface area contributed by atoms with E-state index in [9.17, 15) is 4.79 Å². The van der Waals surface area contributed by atoms with E-state index in [-0.39, 0.29) is 11.4 Å². The first-order valence-electron chi connectivity index (χ1n) is 14.3. The molecule has 2 aliphatic rings. The summed E-state index contributed by atoms with van der Waals surface area (Å²) in [6.45, 7) is 17.2. The predicted octanol–water partition coefficient (Wildman–Crippen LogP) is 5.23. The van der Waals surface area contributed by atoms with Gasteiger partial charge >= 0.3 is 5.97 Å². The molecule has 4 rings (SSSR count). The fraction of sp³-hybridized carbons (Fsp3) is 0.594. The molecule has 38 heavy (non-hydrogen) atoms. The quantitative estimate of drug-likeness (QED) is 0.287. The normalized spacial score (nSPS) is 22.4. The highest BCUT2D eigenvalue weighted by molar-refractivity contribution is 5.75. The molecule has 1 heterocycles. The number of likely N-dealkylation sites (tertiary alicyclic amines) is 1. The van der Waals surface area contributed by atoms with Crippen LogP contribution in [0.5, 0.6) is 11.5 Å². The third-order valence-corrected chi connectivity index (χ3v) is 8.08. The molecule has 1 N–H and O–H groups in total. The number of nitrogens with zero attached hydrogens (tertiary/aromatic N) is 1. The smallest absolute Gasteiger partial charge is 0.347 e. The number of carbonyl (C=O) groups excluding carboxylic acids is 1. The maximum atomic E-state index is 12.6. The Morgan fingerprint density at radius 2 is 1.63 bits per heavy atom. The summed E-state index contributed by atoms with van der Waals surface area (Å²) < 4.78 is 17.3. The number of nitrogens with one attached hydrogen (secondary N) is 1. The summed E-state index contributed by atoms with van der Waals surface area (Å²) in [5, 5.41) is 3.68. The molecule has 6 nitrogen and oxygen atoms in total. The van der Waals surface area contributed by atoms with Gasteiger partial charge in [-0.25, -0.2) is 4.79 Å². The number of ether oxygens (including phenoxy) is 3. The van der Waals surface area contributed by atoms with Crippen LogP contribution in [-0.2, 0) is 21.4 Å². The zero-order chi connectivity index (χ0) is 27.3. The van der Waals surface area contributed by atoms with Gasteiger partial charge in [0.25, 0.3) is 0 Å². The van der Waals surface area contributed by atoms with Crippen molar-refractivity contribution in [3.05, 3.63) is 59.7 Å². The minimum Gasteiger partial charge on any atom is -0.492 e. The fourth-order valence-electron chi connectivity index (χ4n) is 5.42. The van der Waals surface area contributed by atoms with E-state index in [0.29, 0.717) is 37.5 Å². The molecule has 6 heteroatoms. The van der Waals surface area contributed by atoms with Gasteiger partial charge in [0.1, 0.15) is 18.1 Å². The molecule has 1 saturated heterocycles. The van der Waals surface area contributed by atoms with Crippen LogP contribution in [0, 0.1) is 11.8 Å². The van der Waals surface area contributed by atoms with Crippen molar-refractivity contribution in [2.75, 3.05) is 32.8 Å². The number of fused-ring (bicyclic) bond motifs is 1. The lowest BCUT2D eigenvalue weighted by molar-refractivity contribution is -0.151. The van der Waals surface area contributed by atoms with E-state index in [4.69, 9.17) is 14.2 Å². The van der Waals surface area contributed by atoms with Crippen molar-refractivity contribution < 1.29 is 19.0 Å². The molecule has 0 aromatic heterocycles. The van der Waals surface area contributed by atoms with Crippen molar-refractivity contribution in [2.45, 2.75) is 78.0 Å². The second kappa shape index (κ2) is 12.5. The van der Waals surface area contributed by atoms with E-state index in [1.807, 2.05) is 43.3 Å². The van der Waals surface area contributed by atoms with Crippen LogP contribution in [0.2, 0.25) is 0 Å². The SMILES string of the molecule is CCOC(=O)[C@H](Cc1ccc(OCCNC2[C@H]3CN(C(C)CC)C[C@@H]23)cc1)Oc1ccc(C(C)(C)C)cc1. The molecule has 1 saturated carbocycles. The van der Waals surface area contributed by atoms with E-state index in [1.165, 1.54) is 25.1 Å². The average molecular weight is 523 g/mol. The summed E-state index contributed by atoms with van der Waals surface area (Å²) in [5.74, 6) is 2.77. The number of hydrogen-bond donors (Lipinski definition) is 1. The van der Waals surface area contributed by atoms with Crippen LogP contribution in [0.25, 0.3) is 0 Å². The molecule has 1 aliphatic carbocycles. The van der Waals surface area contributed by atoms with Gasteiger partial charge in [-0.3, -0.25) is 4.90 Å². The van der Waals surface area contributed by atoms with Crippen LogP contribution in [0.15, 0.2) is 48.5 Å². The van der Waals surface area contributed by atoms with Crippen molar-refractivity contribution in [1.29, 1.82) is 0 Å². The molecule has 2 fully saturated rings. The molecule has 2 aromatic rings. The molecule has 0 radical (unpaired) electrons. The van der Waals surface area contributed by atoms with Crippen LogP contribution >= 0.6 is 0 Å². The van der Waals surface area contributed by atoms with E-state index < -0.39 is 6.10 Å². The first-order valence-corrected chi connectivity index (χ1v) is 14.3. The largest absolute Gasteiger partial charge is 0.492 e. The minimum atomic E-state index is -0.708. The first kappa shape index (κ1) is 28.4. The van der Waals surface area contributed by atoms with Crippen LogP contribution in [0.3, 0.4) is 0 Å². The van der Waals surface area contributed by atoms with Gasteiger partial charge in [-0.1, -0.05) is 52.0 Å². The van der Waals surface area contributed by atoms with Crippen molar-refractivity contribution in [2.24, 2.45) is 11.8 Å².